The SMILES string of the molecule is CCNC(=NCc1ccc(N2CCCC2=O)cc1)NCc1cccc(OC)c1OC.I. The molecular formula is C23H31IN4O3. The molecule has 0 aliphatic carbocycles. The van der Waals surface area contributed by atoms with Crippen LogP contribution in [0.15, 0.2) is 47.5 Å². The van der Waals surface area contributed by atoms with E-state index in [1.165, 1.54) is 0 Å². The molecule has 0 bridgehead atoms. The molecule has 0 unspecified atom stereocenters. The minimum atomic E-state index is 0. The number of aliphatic imine (C=N–C) groups is 1. The Kier molecular flexibility index (Phi) is 9.90. The number of rotatable bonds is 8. The van der Waals surface area contributed by atoms with Crippen molar-refractivity contribution >= 4 is 41.5 Å². The van der Waals surface area contributed by atoms with Crippen LogP contribution in [-0.2, 0) is 17.9 Å². The van der Waals surface area contributed by atoms with Crippen molar-refractivity contribution in [1.82, 2.24) is 10.6 Å². The van der Waals surface area contributed by atoms with Gasteiger partial charge in [0.1, 0.15) is 0 Å². The van der Waals surface area contributed by atoms with Gasteiger partial charge in [-0.3, -0.25) is 4.79 Å². The highest BCUT2D eigenvalue weighted by Crippen LogP contribution is 2.30. The number of hydrogen-bond acceptors (Lipinski definition) is 4. The molecule has 1 heterocycles. The van der Waals surface area contributed by atoms with Gasteiger partial charge < -0.3 is 25.0 Å². The highest BCUT2D eigenvalue weighted by atomic mass is 127. The van der Waals surface area contributed by atoms with Crippen molar-refractivity contribution < 1.29 is 14.3 Å². The third-order valence-corrected chi connectivity index (χ3v) is 5.02. The summed E-state index contributed by atoms with van der Waals surface area (Å²) >= 11 is 0. The summed E-state index contributed by atoms with van der Waals surface area (Å²) in [6, 6.07) is 13.9. The quantitative estimate of drug-likeness (QED) is 0.305. The molecule has 2 aromatic carbocycles. The van der Waals surface area contributed by atoms with E-state index < -0.39 is 0 Å². The number of ether oxygens (including phenoxy) is 2. The molecule has 31 heavy (non-hydrogen) atoms. The van der Waals surface area contributed by atoms with E-state index in [1.54, 1.807) is 14.2 Å². The predicted octanol–water partition coefficient (Wildman–Crippen LogP) is 3.70. The van der Waals surface area contributed by atoms with Gasteiger partial charge in [0.15, 0.2) is 17.5 Å². The molecular weight excluding hydrogens is 507 g/mol. The maximum absolute atomic E-state index is 11.9. The zero-order valence-corrected chi connectivity index (χ0v) is 20.6. The molecule has 1 saturated heterocycles. The van der Waals surface area contributed by atoms with Gasteiger partial charge >= 0.3 is 0 Å². The molecule has 0 spiro atoms. The number of carbonyl (C=O) groups excluding carboxylic acids is 1. The maximum atomic E-state index is 11.9. The minimum Gasteiger partial charge on any atom is -0.493 e. The summed E-state index contributed by atoms with van der Waals surface area (Å²) in [5.41, 5.74) is 3.03. The molecule has 1 fully saturated rings. The van der Waals surface area contributed by atoms with Crippen molar-refractivity contribution in [2.24, 2.45) is 4.99 Å². The van der Waals surface area contributed by atoms with Crippen LogP contribution in [0, 0.1) is 0 Å². The van der Waals surface area contributed by atoms with Crippen molar-refractivity contribution in [3.8, 4) is 11.5 Å². The minimum absolute atomic E-state index is 0. The van der Waals surface area contributed by atoms with Crippen molar-refractivity contribution in [2.75, 3.05) is 32.2 Å². The van der Waals surface area contributed by atoms with E-state index in [2.05, 4.69) is 15.6 Å². The van der Waals surface area contributed by atoms with Gasteiger partial charge in [-0.15, -0.1) is 24.0 Å². The van der Waals surface area contributed by atoms with Gasteiger partial charge in [-0.25, -0.2) is 4.99 Å². The van der Waals surface area contributed by atoms with Gasteiger partial charge in [0.25, 0.3) is 0 Å². The lowest BCUT2D eigenvalue weighted by Gasteiger charge is -2.16. The number of amides is 1. The Morgan fingerprint density at radius 2 is 1.87 bits per heavy atom. The van der Waals surface area contributed by atoms with E-state index >= 15 is 0 Å². The Labute approximate surface area is 201 Å². The van der Waals surface area contributed by atoms with Gasteiger partial charge in [-0.05, 0) is 37.1 Å². The van der Waals surface area contributed by atoms with Crippen LogP contribution in [0.1, 0.15) is 30.9 Å². The number of hydrogen-bond donors (Lipinski definition) is 2. The molecule has 168 valence electrons. The highest BCUT2D eigenvalue weighted by molar-refractivity contribution is 14.0. The van der Waals surface area contributed by atoms with E-state index in [0.29, 0.717) is 25.3 Å². The van der Waals surface area contributed by atoms with E-state index in [1.807, 2.05) is 54.3 Å². The smallest absolute Gasteiger partial charge is 0.227 e. The van der Waals surface area contributed by atoms with Crippen LogP contribution < -0.4 is 25.0 Å². The van der Waals surface area contributed by atoms with Crippen LogP contribution in [0.25, 0.3) is 0 Å². The predicted molar refractivity (Wildman–Crippen MR) is 135 cm³/mol. The molecule has 0 radical (unpaired) electrons. The lowest BCUT2D eigenvalue weighted by molar-refractivity contribution is -0.117. The summed E-state index contributed by atoms with van der Waals surface area (Å²) in [6.45, 7) is 4.70. The fourth-order valence-corrected chi connectivity index (χ4v) is 3.49. The van der Waals surface area contributed by atoms with Crippen LogP contribution in [0.3, 0.4) is 0 Å². The molecule has 3 rings (SSSR count). The van der Waals surface area contributed by atoms with Crippen molar-refractivity contribution in [3.05, 3.63) is 53.6 Å². The van der Waals surface area contributed by atoms with E-state index in [9.17, 15) is 4.79 Å². The van der Waals surface area contributed by atoms with Gasteiger partial charge in [0.05, 0.1) is 20.8 Å². The van der Waals surface area contributed by atoms with Crippen LogP contribution >= 0.6 is 24.0 Å². The highest BCUT2D eigenvalue weighted by Gasteiger charge is 2.21. The molecule has 0 aromatic heterocycles. The van der Waals surface area contributed by atoms with Crippen LogP contribution in [0.2, 0.25) is 0 Å². The number of nitrogens with zero attached hydrogens (tertiary/aromatic N) is 2. The molecule has 2 aromatic rings. The van der Waals surface area contributed by atoms with Crippen LogP contribution in [0.4, 0.5) is 5.69 Å². The van der Waals surface area contributed by atoms with Crippen molar-refractivity contribution in [2.45, 2.75) is 32.9 Å². The number of methoxy groups -OCH3 is 2. The van der Waals surface area contributed by atoms with E-state index in [4.69, 9.17) is 9.47 Å². The molecule has 2 N–H and O–H groups in total. The number of anilines is 1. The van der Waals surface area contributed by atoms with E-state index in [-0.39, 0.29) is 29.9 Å². The number of guanidine groups is 1. The average molecular weight is 538 g/mol. The van der Waals surface area contributed by atoms with Gasteiger partial charge in [-0.1, -0.05) is 24.3 Å². The first kappa shape index (κ1) is 24.8. The third-order valence-electron chi connectivity index (χ3n) is 5.02. The molecule has 8 heteroatoms. The topological polar surface area (TPSA) is 75.2 Å². The molecule has 0 atom stereocenters. The second-order valence-electron chi connectivity index (χ2n) is 7.02. The molecule has 1 aliphatic heterocycles. The van der Waals surface area contributed by atoms with Gasteiger partial charge in [-0.2, -0.15) is 0 Å². The first-order valence-corrected chi connectivity index (χ1v) is 10.3. The number of nitrogens with one attached hydrogen (secondary N) is 2. The first-order valence-electron chi connectivity index (χ1n) is 10.3. The van der Waals surface area contributed by atoms with Gasteiger partial charge in [0, 0.05) is 37.3 Å². The second kappa shape index (κ2) is 12.4. The number of benzene rings is 2. The summed E-state index contributed by atoms with van der Waals surface area (Å²) in [6.07, 6.45) is 1.57. The lowest BCUT2D eigenvalue weighted by Crippen LogP contribution is -2.36. The van der Waals surface area contributed by atoms with Crippen molar-refractivity contribution in [3.63, 3.8) is 0 Å². The largest absolute Gasteiger partial charge is 0.493 e. The first-order chi connectivity index (χ1) is 14.7. The van der Waals surface area contributed by atoms with Crippen molar-refractivity contribution in [1.29, 1.82) is 0 Å². The Balaban J connectivity index is 0.00000341. The summed E-state index contributed by atoms with van der Waals surface area (Å²) in [5, 5.41) is 6.61. The number of halogens is 1. The Hall–Kier alpha value is -2.49. The summed E-state index contributed by atoms with van der Waals surface area (Å²) in [7, 11) is 3.27. The monoisotopic (exact) mass is 538 g/mol. The standard InChI is InChI=1S/C23H30N4O3.HI/c1-4-24-23(26-16-18-7-5-8-20(29-2)22(18)30-3)25-15-17-10-12-19(13-11-17)27-14-6-9-21(27)28;/h5,7-8,10-13H,4,6,9,14-16H2,1-3H3,(H2,24,25,26);1H. The summed E-state index contributed by atoms with van der Waals surface area (Å²) < 4.78 is 10.9. The van der Waals surface area contributed by atoms with E-state index in [0.717, 1.165) is 48.0 Å². The molecule has 7 nitrogen and oxygen atoms in total. The lowest BCUT2D eigenvalue weighted by atomic mass is 10.2. The van der Waals surface area contributed by atoms with Gasteiger partial charge in [0.2, 0.25) is 5.91 Å². The average Bonchev–Trinajstić information content (AvgIpc) is 3.21. The Morgan fingerprint density at radius 3 is 2.48 bits per heavy atom. The number of carbonyl (C=O) groups is 1. The number of para-hydroxylation sites is 1. The Bertz CT molecular complexity index is 887. The fourth-order valence-electron chi connectivity index (χ4n) is 3.49. The van der Waals surface area contributed by atoms with Crippen LogP contribution in [0.5, 0.6) is 11.5 Å². The Morgan fingerprint density at radius 1 is 1.10 bits per heavy atom. The normalized spacial score (nSPS) is 13.6. The fraction of sp³-hybridized carbons (Fsp3) is 0.391. The molecule has 1 aliphatic rings. The summed E-state index contributed by atoms with van der Waals surface area (Å²) in [4.78, 5) is 18.4. The zero-order valence-electron chi connectivity index (χ0n) is 18.3. The molecule has 0 saturated carbocycles. The van der Waals surface area contributed by atoms with Crippen LogP contribution in [-0.4, -0.2) is 39.2 Å². The summed E-state index contributed by atoms with van der Waals surface area (Å²) in [5.74, 6) is 2.35. The zero-order chi connectivity index (χ0) is 21.3. The maximum Gasteiger partial charge on any atom is 0.227 e. The third kappa shape index (κ3) is 6.49. The second-order valence-corrected chi connectivity index (χ2v) is 7.02. The molecule has 1 amide bonds.